The molecule has 1 aliphatic carbocycles. The fourth-order valence-corrected chi connectivity index (χ4v) is 3.64. The second-order valence-electron chi connectivity index (χ2n) is 5.12. The molecule has 1 nitrogen and oxygen atoms in total. The summed E-state index contributed by atoms with van der Waals surface area (Å²) in [4.78, 5) is 0. The van der Waals surface area contributed by atoms with Crippen LogP contribution in [-0.4, -0.2) is 6.04 Å². The maximum atomic E-state index is 3.74. The summed E-state index contributed by atoms with van der Waals surface area (Å²) in [6.45, 7) is 2.27. The monoisotopic (exact) mass is 291 g/mol. The highest BCUT2D eigenvalue weighted by Gasteiger charge is 2.36. The maximum absolute atomic E-state index is 3.74. The van der Waals surface area contributed by atoms with Crippen LogP contribution in [0.3, 0.4) is 0 Å². The predicted octanol–water partition coefficient (Wildman–Crippen LogP) is 4.70. The van der Waals surface area contributed by atoms with Crippen molar-refractivity contribution in [2.24, 2.45) is 5.92 Å². The van der Waals surface area contributed by atoms with Crippen LogP contribution in [0.2, 0.25) is 0 Å². The van der Waals surface area contributed by atoms with E-state index in [1.165, 1.54) is 35.0 Å². The fourth-order valence-electron chi connectivity index (χ4n) is 3.27. The molecule has 0 saturated carbocycles. The van der Waals surface area contributed by atoms with E-state index in [-0.39, 0.29) is 0 Å². The van der Waals surface area contributed by atoms with Crippen LogP contribution in [0.25, 0.3) is 0 Å². The van der Waals surface area contributed by atoms with E-state index < -0.39 is 0 Å². The molecule has 1 N–H and O–H groups in total. The molecule has 0 amide bonds. The van der Waals surface area contributed by atoms with Gasteiger partial charge in [0.2, 0.25) is 0 Å². The smallest absolute Gasteiger partial charge is 0.0381 e. The third kappa shape index (κ3) is 1.93. The van der Waals surface area contributed by atoms with Gasteiger partial charge in [0.05, 0.1) is 0 Å². The van der Waals surface area contributed by atoms with E-state index >= 15 is 0 Å². The average Bonchev–Trinajstić information content (AvgIpc) is 2.80. The van der Waals surface area contributed by atoms with E-state index in [4.69, 9.17) is 0 Å². The Hall–Kier alpha value is -0.760. The first-order valence-electron chi connectivity index (χ1n) is 6.52. The van der Waals surface area contributed by atoms with Crippen LogP contribution in [0, 0.1) is 5.92 Å². The first kappa shape index (κ1) is 11.3. The number of fused-ring (bicyclic) bond motifs is 3. The summed E-state index contributed by atoms with van der Waals surface area (Å²) in [7, 11) is 0. The normalized spacial score (nSPS) is 29.6. The molecule has 17 heavy (non-hydrogen) atoms. The van der Waals surface area contributed by atoms with Crippen LogP contribution < -0.4 is 5.32 Å². The van der Waals surface area contributed by atoms with Gasteiger partial charge in [-0.2, -0.15) is 0 Å². The van der Waals surface area contributed by atoms with Gasteiger partial charge in [-0.05, 0) is 42.5 Å². The molecule has 0 spiro atoms. The van der Waals surface area contributed by atoms with Gasteiger partial charge in [-0.25, -0.2) is 0 Å². The second kappa shape index (κ2) is 4.49. The molecule has 0 aromatic heterocycles. The van der Waals surface area contributed by atoms with E-state index in [0.29, 0.717) is 12.0 Å². The van der Waals surface area contributed by atoms with Gasteiger partial charge in [0, 0.05) is 22.1 Å². The van der Waals surface area contributed by atoms with E-state index in [1.807, 2.05) is 0 Å². The quantitative estimate of drug-likeness (QED) is 0.779. The van der Waals surface area contributed by atoms with E-state index in [2.05, 4.69) is 58.5 Å². The highest BCUT2D eigenvalue weighted by molar-refractivity contribution is 9.10. The lowest BCUT2D eigenvalue weighted by Crippen LogP contribution is -2.35. The van der Waals surface area contributed by atoms with Crippen molar-refractivity contribution in [1.82, 2.24) is 0 Å². The molecule has 2 aliphatic rings. The summed E-state index contributed by atoms with van der Waals surface area (Å²) in [5.74, 6) is 1.39. The van der Waals surface area contributed by atoms with Crippen LogP contribution in [0.4, 0.5) is 5.69 Å². The zero-order chi connectivity index (χ0) is 11.8. The Morgan fingerprint density at radius 3 is 3.12 bits per heavy atom. The van der Waals surface area contributed by atoms with Gasteiger partial charge in [0.15, 0.2) is 0 Å². The molecule has 0 bridgehead atoms. The molecule has 0 fully saturated rings. The molecule has 2 heteroatoms. The van der Waals surface area contributed by atoms with Crippen molar-refractivity contribution in [2.75, 3.05) is 5.32 Å². The number of rotatable bonds is 2. The van der Waals surface area contributed by atoms with E-state index in [1.54, 1.807) is 0 Å². The zero-order valence-electron chi connectivity index (χ0n) is 10.1. The Morgan fingerprint density at radius 1 is 1.41 bits per heavy atom. The molecule has 90 valence electrons. The summed E-state index contributed by atoms with van der Waals surface area (Å²) in [6, 6.07) is 7.27. The Labute approximate surface area is 111 Å². The molecular weight excluding hydrogens is 274 g/mol. The minimum Gasteiger partial charge on any atom is -0.382 e. The molecule has 3 atom stereocenters. The number of hydrogen-bond acceptors (Lipinski definition) is 1. The number of nitrogens with one attached hydrogen (secondary N) is 1. The Kier molecular flexibility index (Phi) is 2.99. The molecule has 1 aromatic carbocycles. The highest BCUT2D eigenvalue weighted by Crippen LogP contribution is 2.46. The zero-order valence-corrected chi connectivity index (χ0v) is 11.7. The van der Waals surface area contributed by atoms with Crippen LogP contribution in [0.1, 0.15) is 37.7 Å². The Balaban J connectivity index is 2.00. The van der Waals surface area contributed by atoms with Crippen molar-refractivity contribution >= 4 is 21.6 Å². The summed E-state index contributed by atoms with van der Waals surface area (Å²) >= 11 is 3.58. The average molecular weight is 292 g/mol. The van der Waals surface area contributed by atoms with Crippen molar-refractivity contribution in [3.63, 3.8) is 0 Å². The van der Waals surface area contributed by atoms with Gasteiger partial charge in [-0.15, -0.1) is 0 Å². The molecule has 1 heterocycles. The topological polar surface area (TPSA) is 12.0 Å². The standard InChI is InChI=1S/C15H18BrN/c1-2-4-14-12-6-3-5-11(12)13-9-10(16)7-8-15(13)17-14/h3,5,7-9,11-12,14,17H,2,4,6H2,1H3/t11-,12+,14+/m0/s1. The van der Waals surface area contributed by atoms with Crippen LogP contribution in [0.5, 0.6) is 0 Å². The van der Waals surface area contributed by atoms with Crippen molar-refractivity contribution in [1.29, 1.82) is 0 Å². The first-order valence-corrected chi connectivity index (χ1v) is 7.31. The molecule has 3 rings (SSSR count). The number of hydrogen-bond donors (Lipinski definition) is 1. The SMILES string of the molecule is CCC[C@H]1Nc2ccc(Br)cc2[C@H]2C=CC[C@H]21. The van der Waals surface area contributed by atoms with Crippen molar-refractivity contribution < 1.29 is 0 Å². The fraction of sp³-hybridized carbons (Fsp3) is 0.467. The van der Waals surface area contributed by atoms with Crippen LogP contribution in [0.15, 0.2) is 34.8 Å². The Morgan fingerprint density at radius 2 is 2.29 bits per heavy atom. The minimum atomic E-state index is 0.625. The number of allylic oxidation sites excluding steroid dienone is 2. The lowest BCUT2D eigenvalue weighted by Gasteiger charge is -2.37. The second-order valence-corrected chi connectivity index (χ2v) is 6.04. The van der Waals surface area contributed by atoms with E-state index in [9.17, 15) is 0 Å². The maximum Gasteiger partial charge on any atom is 0.0381 e. The van der Waals surface area contributed by atoms with Gasteiger partial charge in [-0.3, -0.25) is 0 Å². The lowest BCUT2D eigenvalue weighted by molar-refractivity contribution is 0.394. The lowest BCUT2D eigenvalue weighted by atomic mass is 9.78. The van der Waals surface area contributed by atoms with Crippen LogP contribution >= 0.6 is 15.9 Å². The Bertz CT molecular complexity index is 452. The molecular formula is C15H18BrN. The predicted molar refractivity (Wildman–Crippen MR) is 76.4 cm³/mol. The third-order valence-corrected chi connectivity index (χ3v) is 4.54. The van der Waals surface area contributed by atoms with Crippen molar-refractivity contribution in [3.8, 4) is 0 Å². The molecule has 0 saturated heterocycles. The van der Waals surface area contributed by atoms with Crippen molar-refractivity contribution in [2.45, 2.75) is 38.1 Å². The van der Waals surface area contributed by atoms with Gasteiger partial charge < -0.3 is 5.32 Å². The largest absolute Gasteiger partial charge is 0.382 e. The number of anilines is 1. The molecule has 0 unspecified atom stereocenters. The van der Waals surface area contributed by atoms with Crippen molar-refractivity contribution in [3.05, 3.63) is 40.4 Å². The number of halogens is 1. The van der Waals surface area contributed by atoms with E-state index in [0.717, 1.165) is 5.92 Å². The summed E-state index contributed by atoms with van der Waals surface area (Å²) < 4.78 is 1.19. The summed E-state index contributed by atoms with van der Waals surface area (Å²) in [6.07, 6.45) is 8.52. The van der Waals surface area contributed by atoms with Crippen LogP contribution in [-0.2, 0) is 0 Å². The third-order valence-electron chi connectivity index (χ3n) is 4.04. The highest BCUT2D eigenvalue weighted by atomic mass is 79.9. The summed E-state index contributed by atoms with van der Waals surface area (Å²) in [5.41, 5.74) is 2.80. The first-order chi connectivity index (χ1) is 8.29. The minimum absolute atomic E-state index is 0.625. The van der Waals surface area contributed by atoms with Gasteiger partial charge in [-0.1, -0.05) is 41.4 Å². The molecule has 1 aromatic rings. The van der Waals surface area contributed by atoms with Gasteiger partial charge in [0.1, 0.15) is 0 Å². The summed E-state index contributed by atoms with van der Waals surface area (Å²) in [5, 5.41) is 3.74. The molecule has 1 aliphatic heterocycles. The molecule has 0 radical (unpaired) electrons. The number of benzene rings is 1. The van der Waals surface area contributed by atoms with Gasteiger partial charge in [0.25, 0.3) is 0 Å². The van der Waals surface area contributed by atoms with Gasteiger partial charge >= 0.3 is 0 Å².